The van der Waals surface area contributed by atoms with Gasteiger partial charge in [0.1, 0.15) is 0 Å². The summed E-state index contributed by atoms with van der Waals surface area (Å²) >= 11 is 0. The number of carbonyl (C=O) groups is 2. The lowest BCUT2D eigenvalue weighted by atomic mass is 9.83. The molecule has 1 aliphatic rings. The number of rotatable bonds is 7. The van der Waals surface area contributed by atoms with Gasteiger partial charge in [0.25, 0.3) is 5.69 Å². The first-order valence-electron chi connectivity index (χ1n) is 10.2. The van der Waals surface area contributed by atoms with E-state index < -0.39 is 16.8 Å². The van der Waals surface area contributed by atoms with Gasteiger partial charge in [0.15, 0.2) is 0 Å². The van der Waals surface area contributed by atoms with Crippen LogP contribution in [0.2, 0.25) is 0 Å². The van der Waals surface area contributed by atoms with Crippen molar-refractivity contribution in [1.82, 2.24) is 4.90 Å². The summed E-state index contributed by atoms with van der Waals surface area (Å²) in [6.45, 7) is 6.21. The summed E-state index contributed by atoms with van der Waals surface area (Å²) < 4.78 is 5.51. The van der Waals surface area contributed by atoms with E-state index >= 15 is 0 Å². The Morgan fingerprint density at radius 2 is 1.90 bits per heavy atom. The third kappa shape index (κ3) is 5.17. The van der Waals surface area contributed by atoms with Crippen LogP contribution in [-0.4, -0.2) is 28.3 Å². The lowest BCUT2D eigenvalue weighted by molar-refractivity contribution is -0.384. The Labute approximate surface area is 181 Å². The number of allylic oxidation sites excluding steroid dienone is 1. The van der Waals surface area contributed by atoms with Gasteiger partial charge in [0.05, 0.1) is 23.6 Å². The molecule has 162 valence electrons. The summed E-state index contributed by atoms with van der Waals surface area (Å²) in [7, 11) is 0. The number of hydrogen-bond donors (Lipinski definition) is 0. The monoisotopic (exact) mass is 422 g/mol. The number of nitrogens with zero attached hydrogens (tertiary/aromatic N) is 2. The molecule has 0 aliphatic carbocycles. The number of esters is 1. The molecule has 2 aromatic rings. The highest BCUT2D eigenvalue weighted by Crippen LogP contribution is 2.38. The summed E-state index contributed by atoms with van der Waals surface area (Å²) in [5, 5.41) is 11.2. The molecule has 0 spiro atoms. The van der Waals surface area contributed by atoms with Crippen molar-refractivity contribution >= 4 is 17.6 Å². The van der Waals surface area contributed by atoms with Gasteiger partial charge in [-0.2, -0.15) is 0 Å². The fraction of sp³-hybridized carbons (Fsp3) is 0.333. The third-order valence-electron chi connectivity index (χ3n) is 5.26. The molecular formula is C24H26N2O5. The summed E-state index contributed by atoms with van der Waals surface area (Å²) in [6.07, 6.45) is 0.0391. The highest BCUT2D eigenvalue weighted by Gasteiger charge is 2.37. The molecule has 31 heavy (non-hydrogen) atoms. The second-order valence-corrected chi connectivity index (χ2v) is 8.07. The van der Waals surface area contributed by atoms with Crippen molar-refractivity contribution in [3.63, 3.8) is 0 Å². The molecule has 0 aromatic heterocycles. The number of nitro benzene ring substituents is 1. The van der Waals surface area contributed by atoms with E-state index in [1.54, 1.807) is 24.0 Å². The van der Waals surface area contributed by atoms with Gasteiger partial charge in [0.2, 0.25) is 5.91 Å². The zero-order valence-corrected chi connectivity index (χ0v) is 17.9. The van der Waals surface area contributed by atoms with E-state index in [1.165, 1.54) is 12.1 Å². The molecule has 1 unspecified atom stereocenters. The normalized spacial score (nSPS) is 16.6. The van der Waals surface area contributed by atoms with Gasteiger partial charge in [-0.25, -0.2) is 4.79 Å². The second-order valence-electron chi connectivity index (χ2n) is 8.07. The summed E-state index contributed by atoms with van der Waals surface area (Å²) in [5.74, 6) is -1.07. The highest BCUT2D eigenvalue weighted by molar-refractivity contribution is 5.96. The van der Waals surface area contributed by atoms with Crippen LogP contribution in [0.5, 0.6) is 0 Å². The molecule has 0 saturated heterocycles. The Balaban J connectivity index is 2.03. The van der Waals surface area contributed by atoms with Crippen LogP contribution >= 0.6 is 0 Å². The smallest absolute Gasteiger partial charge is 0.336 e. The van der Waals surface area contributed by atoms with Crippen molar-refractivity contribution in [1.29, 1.82) is 0 Å². The number of ether oxygens (including phenoxy) is 1. The number of amides is 1. The molecule has 0 radical (unpaired) electrons. The molecule has 1 heterocycles. The van der Waals surface area contributed by atoms with E-state index in [0.29, 0.717) is 23.4 Å². The Morgan fingerprint density at radius 3 is 2.55 bits per heavy atom. The van der Waals surface area contributed by atoms with Crippen LogP contribution < -0.4 is 0 Å². The average Bonchev–Trinajstić information content (AvgIpc) is 2.75. The predicted molar refractivity (Wildman–Crippen MR) is 116 cm³/mol. The van der Waals surface area contributed by atoms with Crippen LogP contribution in [-0.2, 0) is 20.9 Å². The van der Waals surface area contributed by atoms with Crippen molar-refractivity contribution < 1.29 is 19.2 Å². The lowest BCUT2D eigenvalue weighted by Gasteiger charge is -2.34. The zero-order chi connectivity index (χ0) is 22.5. The van der Waals surface area contributed by atoms with Crippen molar-refractivity contribution in [2.45, 2.75) is 39.7 Å². The minimum absolute atomic E-state index is 0.0391. The largest absolute Gasteiger partial charge is 0.462 e. The molecule has 0 bridgehead atoms. The summed E-state index contributed by atoms with van der Waals surface area (Å²) in [6, 6.07) is 15.6. The maximum atomic E-state index is 13.1. The molecule has 1 aliphatic heterocycles. The molecule has 0 N–H and O–H groups in total. The molecule has 2 aromatic carbocycles. The van der Waals surface area contributed by atoms with Crippen LogP contribution in [0, 0.1) is 16.0 Å². The van der Waals surface area contributed by atoms with Gasteiger partial charge >= 0.3 is 5.97 Å². The minimum Gasteiger partial charge on any atom is -0.462 e. The molecule has 7 heteroatoms. The number of benzene rings is 2. The topological polar surface area (TPSA) is 89.7 Å². The first kappa shape index (κ1) is 22.2. The Hall–Kier alpha value is -3.48. The van der Waals surface area contributed by atoms with Gasteiger partial charge in [-0.05, 0) is 24.0 Å². The first-order chi connectivity index (χ1) is 14.8. The summed E-state index contributed by atoms with van der Waals surface area (Å²) in [5.41, 5.74) is 2.31. The standard InChI is InChI=1S/C24H26N2O5/c1-16(2)15-31-24(28)23-17(3)25(14-18-8-5-4-6-9-18)22(27)13-21(23)19-10-7-11-20(12-19)26(29)30/h4-12,16,21H,13-15H2,1-3H3. The molecular weight excluding hydrogens is 396 g/mol. The summed E-state index contributed by atoms with van der Waals surface area (Å²) in [4.78, 5) is 38.5. The maximum absolute atomic E-state index is 13.1. The SMILES string of the molecule is CC1=C(C(=O)OCC(C)C)C(c2cccc([N+](=O)[O-])c2)CC(=O)N1Cc1ccccc1. The van der Waals surface area contributed by atoms with Crippen molar-refractivity contribution in [3.05, 3.63) is 87.1 Å². The fourth-order valence-electron chi connectivity index (χ4n) is 3.69. The molecule has 7 nitrogen and oxygen atoms in total. The Kier molecular flexibility index (Phi) is 6.84. The van der Waals surface area contributed by atoms with Crippen LogP contribution in [0.4, 0.5) is 5.69 Å². The number of hydrogen-bond acceptors (Lipinski definition) is 5. The van der Waals surface area contributed by atoms with Crippen LogP contribution in [0.25, 0.3) is 0 Å². The van der Waals surface area contributed by atoms with Crippen molar-refractivity contribution in [2.75, 3.05) is 6.61 Å². The Morgan fingerprint density at radius 1 is 1.19 bits per heavy atom. The van der Waals surface area contributed by atoms with Crippen LogP contribution in [0.1, 0.15) is 44.2 Å². The van der Waals surface area contributed by atoms with E-state index in [9.17, 15) is 19.7 Å². The molecule has 3 rings (SSSR count). The number of nitro groups is 1. The molecule has 1 amide bonds. The van der Waals surface area contributed by atoms with Crippen LogP contribution in [0.15, 0.2) is 65.9 Å². The van der Waals surface area contributed by atoms with E-state index in [2.05, 4.69) is 0 Å². The zero-order valence-electron chi connectivity index (χ0n) is 17.9. The number of carbonyl (C=O) groups excluding carboxylic acids is 2. The third-order valence-corrected chi connectivity index (χ3v) is 5.26. The Bertz CT molecular complexity index is 1010. The molecule has 1 atom stereocenters. The van der Waals surface area contributed by atoms with Crippen molar-refractivity contribution in [2.24, 2.45) is 5.92 Å². The van der Waals surface area contributed by atoms with E-state index in [4.69, 9.17) is 4.74 Å². The molecule has 0 saturated carbocycles. The van der Waals surface area contributed by atoms with Gasteiger partial charge in [-0.15, -0.1) is 0 Å². The van der Waals surface area contributed by atoms with Crippen LogP contribution in [0.3, 0.4) is 0 Å². The maximum Gasteiger partial charge on any atom is 0.336 e. The highest BCUT2D eigenvalue weighted by atomic mass is 16.6. The molecule has 0 fully saturated rings. The average molecular weight is 422 g/mol. The minimum atomic E-state index is -0.598. The van der Waals surface area contributed by atoms with Gasteiger partial charge in [0, 0.05) is 30.2 Å². The quantitative estimate of drug-likeness (QED) is 0.370. The lowest BCUT2D eigenvalue weighted by Crippen LogP contribution is -2.38. The van der Waals surface area contributed by atoms with Gasteiger partial charge in [-0.1, -0.05) is 56.3 Å². The number of non-ortho nitro benzene ring substituents is 1. The second kappa shape index (κ2) is 9.55. The fourth-order valence-corrected chi connectivity index (χ4v) is 3.69. The van der Waals surface area contributed by atoms with E-state index in [1.807, 2.05) is 44.2 Å². The first-order valence-corrected chi connectivity index (χ1v) is 10.2. The van der Waals surface area contributed by atoms with Crippen molar-refractivity contribution in [3.8, 4) is 0 Å². The van der Waals surface area contributed by atoms with Gasteiger partial charge < -0.3 is 9.64 Å². The van der Waals surface area contributed by atoms with Gasteiger partial charge in [-0.3, -0.25) is 14.9 Å². The predicted octanol–water partition coefficient (Wildman–Crippen LogP) is 4.58. The van der Waals surface area contributed by atoms with E-state index in [0.717, 1.165) is 5.56 Å². The van der Waals surface area contributed by atoms with E-state index in [-0.39, 0.29) is 30.5 Å².